The predicted octanol–water partition coefficient (Wildman–Crippen LogP) is 3.16. The number of amides is 2. The quantitative estimate of drug-likeness (QED) is 0.740. The maximum Gasteiger partial charge on any atom is 0.230 e. The lowest BCUT2D eigenvalue weighted by Crippen LogP contribution is -2.23. The molecule has 140 valence electrons. The van der Waals surface area contributed by atoms with E-state index in [0.29, 0.717) is 16.5 Å². The molecule has 0 atom stereocenters. The third-order valence-corrected chi connectivity index (χ3v) is 4.57. The van der Waals surface area contributed by atoms with E-state index in [2.05, 4.69) is 39.3 Å². The molecule has 0 bridgehead atoms. The average molecular weight is 375 g/mol. The SMILES string of the molecule is CCN(CC)c1ccc(NC(=O)Cc2csc(NC(=O)C(C)C)n2)cn1. The third-order valence-electron chi connectivity index (χ3n) is 3.77. The Morgan fingerprint density at radius 3 is 2.50 bits per heavy atom. The predicted molar refractivity (Wildman–Crippen MR) is 106 cm³/mol. The van der Waals surface area contributed by atoms with E-state index < -0.39 is 0 Å². The standard InChI is InChI=1S/C18H25N5O2S/c1-5-23(6-2)15-8-7-13(10-19-15)20-16(24)9-14-11-26-18(21-14)22-17(25)12(3)4/h7-8,10-12H,5-6,9H2,1-4H3,(H,20,24)(H,21,22,25). The second kappa shape index (κ2) is 9.28. The number of hydrogen-bond donors (Lipinski definition) is 2. The van der Waals surface area contributed by atoms with Gasteiger partial charge in [-0.05, 0) is 26.0 Å². The van der Waals surface area contributed by atoms with E-state index in [1.54, 1.807) is 11.6 Å². The van der Waals surface area contributed by atoms with Crippen LogP contribution in [0.1, 0.15) is 33.4 Å². The van der Waals surface area contributed by atoms with Crippen LogP contribution in [-0.2, 0) is 16.0 Å². The summed E-state index contributed by atoms with van der Waals surface area (Å²) in [7, 11) is 0. The van der Waals surface area contributed by atoms with Crippen LogP contribution in [0.5, 0.6) is 0 Å². The van der Waals surface area contributed by atoms with Crippen LogP contribution in [-0.4, -0.2) is 34.9 Å². The minimum Gasteiger partial charge on any atom is -0.357 e. The molecule has 0 radical (unpaired) electrons. The maximum absolute atomic E-state index is 12.2. The largest absolute Gasteiger partial charge is 0.357 e. The van der Waals surface area contributed by atoms with Gasteiger partial charge in [-0.15, -0.1) is 11.3 Å². The fraction of sp³-hybridized carbons (Fsp3) is 0.444. The van der Waals surface area contributed by atoms with Crippen LogP contribution in [0, 0.1) is 5.92 Å². The van der Waals surface area contributed by atoms with E-state index in [1.807, 2.05) is 26.0 Å². The summed E-state index contributed by atoms with van der Waals surface area (Å²) in [6.07, 6.45) is 1.80. The first-order valence-corrected chi connectivity index (χ1v) is 9.57. The van der Waals surface area contributed by atoms with Gasteiger partial charge in [0.1, 0.15) is 5.82 Å². The van der Waals surface area contributed by atoms with Gasteiger partial charge in [0.15, 0.2) is 5.13 Å². The monoisotopic (exact) mass is 375 g/mol. The summed E-state index contributed by atoms with van der Waals surface area (Å²) in [5.74, 6) is 0.514. The van der Waals surface area contributed by atoms with Crippen LogP contribution in [0.3, 0.4) is 0 Å². The Morgan fingerprint density at radius 2 is 1.92 bits per heavy atom. The fourth-order valence-corrected chi connectivity index (χ4v) is 2.97. The molecule has 2 aromatic heterocycles. The molecule has 8 heteroatoms. The number of rotatable bonds is 8. The Morgan fingerprint density at radius 1 is 1.19 bits per heavy atom. The average Bonchev–Trinajstić information content (AvgIpc) is 3.04. The maximum atomic E-state index is 12.2. The lowest BCUT2D eigenvalue weighted by molar-refractivity contribution is -0.119. The van der Waals surface area contributed by atoms with Gasteiger partial charge in [-0.2, -0.15) is 0 Å². The highest BCUT2D eigenvalue weighted by Crippen LogP contribution is 2.18. The van der Waals surface area contributed by atoms with Crippen molar-refractivity contribution in [1.82, 2.24) is 9.97 Å². The topological polar surface area (TPSA) is 87.2 Å². The molecule has 0 aliphatic rings. The van der Waals surface area contributed by atoms with Crippen molar-refractivity contribution < 1.29 is 9.59 Å². The minimum absolute atomic E-state index is 0.0882. The number of nitrogens with zero attached hydrogens (tertiary/aromatic N) is 3. The normalized spacial score (nSPS) is 10.7. The lowest BCUT2D eigenvalue weighted by Gasteiger charge is -2.19. The molecular weight excluding hydrogens is 350 g/mol. The zero-order valence-corrected chi connectivity index (χ0v) is 16.4. The van der Waals surface area contributed by atoms with Crippen molar-refractivity contribution in [3.8, 4) is 0 Å². The molecule has 0 aliphatic carbocycles. The number of hydrogen-bond acceptors (Lipinski definition) is 6. The van der Waals surface area contributed by atoms with Crippen molar-refractivity contribution in [3.63, 3.8) is 0 Å². The summed E-state index contributed by atoms with van der Waals surface area (Å²) in [5.41, 5.74) is 1.27. The van der Waals surface area contributed by atoms with Crippen molar-refractivity contribution in [3.05, 3.63) is 29.4 Å². The number of carbonyl (C=O) groups excluding carboxylic acids is 2. The zero-order valence-electron chi connectivity index (χ0n) is 15.6. The Kier molecular flexibility index (Phi) is 7.08. The van der Waals surface area contributed by atoms with Gasteiger partial charge >= 0.3 is 0 Å². The second-order valence-corrected chi connectivity index (χ2v) is 6.95. The molecule has 7 nitrogen and oxygen atoms in total. The van der Waals surface area contributed by atoms with Gasteiger partial charge < -0.3 is 15.5 Å². The molecule has 26 heavy (non-hydrogen) atoms. The molecule has 2 N–H and O–H groups in total. The van der Waals surface area contributed by atoms with E-state index in [4.69, 9.17) is 0 Å². The van der Waals surface area contributed by atoms with E-state index in [1.165, 1.54) is 11.3 Å². The molecular formula is C18H25N5O2S. The van der Waals surface area contributed by atoms with Gasteiger partial charge in [0.2, 0.25) is 11.8 Å². The molecule has 0 saturated heterocycles. The lowest BCUT2D eigenvalue weighted by atomic mass is 10.2. The van der Waals surface area contributed by atoms with Crippen molar-refractivity contribution in [1.29, 1.82) is 0 Å². The second-order valence-electron chi connectivity index (χ2n) is 6.09. The number of aromatic nitrogens is 2. The van der Waals surface area contributed by atoms with E-state index >= 15 is 0 Å². The van der Waals surface area contributed by atoms with Crippen molar-refractivity contribution >= 4 is 39.8 Å². The molecule has 2 amide bonds. The summed E-state index contributed by atoms with van der Waals surface area (Å²) in [6, 6.07) is 3.74. The van der Waals surface area contributed by atoms with Gasteiger partial charge in [0.25, 0.3) is 0 Å². The first kappa shape index (κ1) is 19.8. The zero-order chi connectivity index (χ0) is 19.1. The Balaban J connectivity index is 1.90. The van der Waals surface area contributed by atoms with Gasteiger partial charge in [0.05, 0.1) is 24.0 Å². The van der Waals surface area contributed by atoms with Gasteiger partial charge in [-0.25, -0.2) is 9.97 Å². The molecule has 0 spiro atoms. The number of nitrogens with one attached hydrogen (secondary N) is 2. The van der Waals surface area contributed by atoms with Gasteiger partial charge in [-0.1, -0.05) is 13.8 Å². The summed E-state index contributed by atoms with van der Waals surface area (Å²) >= 11 is 1.31. The molecule has 0 aromatic carbocycles. The van der Waals surface area contributed by atoms with E-state index in [9.17, 15) is 9.59 Å². The highest BCUT2D eigenvalue weighted by Gasteiger charge is 2.12. The highest BCUT2D eigenvalue weighted by molar-refractivity contribution is 7.13. The van der Waals surface area contributed by atoms with Crippen LogP contribution >= 0.6 is 11.3 Å². The van der Waals surface area contributed by atoms with Crippen LogP contribution < -0.4 is 15.5 Å². The smallest absolute Gasteiger partial charge is 0.230 e. The number of thiazole rings is 1. The Bertz CT molecular complexity index is 738. The van der Waals surface area contributed by atoms with Crippen molar-refractivity contribution in [2.75, 3.05) is 28.6 Å². The summed E-state index contributed by atoms with van der Waals surface area (Å²) in [5, 5.41) is 7.84. The highest BCUT2D eigenvalue weighted by atomic mass is 32.1. The van der Waals surface area contributed by atoms with Crippen LogP contribution in [0.25, 0.3) is 0 Å². The number of anilines is 3. The Labute approximate surface area is 157 Å². The Hall–Kier alpha value is -2.48. The van der Waals surface area contributed by atoms with Crippen LogP contribution in [0.4, 0.5) is 16.6 Å². The minimum atomic E-state index is -0.172. The molecule has 0 aliphatic heterocycles. The summed E-state index contributed by atoms with van der Waals surface area (Å²) < 4.78 is 0. The first-order valence-electron chi connectivity index (χ1n) is 8.69. The van der Waals surface area contributed by atoms with Gasteiger partial charge in [-0.3, -0.25) is 9.59 Å². The van der Waals surface area contributed by atoms with Gasteiger partial charge in [0, 0.05) is 24.4 Å². The number of carbonyl (C=O) groups is 2. The molecule has 0 fully saturated rings. The van der Waals surface area contributed by atoms with Crippen molar-refractivity contribution in [2.24, 2.45) is 5.92 Å². The van der Waals surface area contributed by atoms with Crippen LogP contribution in [0.2, 0.25) is 0 Å². The van der Waals surface area contributed by atoms with Crippen LogP contribution in [0.15, 0.2) is 23.7 Å². The van der Waals surface area contributed by atoms with Crippen molar-refractivity contribution in [2.45, 2.75) is 34.1 Å². The molecule has 0 saturated carbocycles. The fourth-order valence-electron chi connectivity index (χ4n) is 2.26. The van der Waals surface area contributed by atoms with E-state index in [0.717, 1.165) is 18.9 Å². The number of pyridine rings is 1. The third kappa shape index (κ3) is 5.52. The first-order chi connectivity index (χ1) is 12.4. The summed E-state index contributed by atoms with van der Waals surface area (Å²) in [4.78, 5) is 34.6. The molecule has 2 aromatic rings. The molecule has 2 rings (SSSR count). The molecule has 0 unspecified atom stereocenters. The van der Waals surface area contributed by atoms with E-state index in [-0.39, 0.29) is 24.2 Å². The summed E-state index contributed by atoms with van der Waals surface area (Å²) in [6.45, 7) is 9.55. The molecule has 2 heterocycles.